The summed E-state index contributed by atoms with van der Waals surface area (Å²) in [5.41, 5.74) is 4.29. The molecule has 0 saturated carbocycles. The molecule has 0 bridgehead atoms. The molecular formula is C27H29N5O2S. The number of fused-ring (bicyclic) bond motifs is 1. The smallest absolute Gasteiger partial charge is 0.268 e. The highest BCUT2D eigenvalue weighted by atomic mass is 32.1. The third kappa shape index (κ3) is 6.03. The number of rotatable bonds is 8. The van der Waals surface area contributed by atoms with Crippen molar-refractivity contribution in [3.8, 4) is 5.69 Å². The van der Waals surface area contributed by atoms with Crippen molar-refractivity contribution in [2.24, 2.45) is 5.41 Å². The fourth-order valence-electron chi connectivity index (χ4n) is 3.65. The maximum atomic E-state index is 12.9. The van der Waals surface area contributed by atoms with Gasteiger partial charge in [0.05, 0.1) is 21.6 Å². The molecule has 0 unspecified atom stereocenters. The van der Waals surface area contributed by atoms with Gasteiger partial charge in [0.1, 0.15) is 0 Å². The Hall–Kier alpha value is -3.75. The van der Waals surface area contributed by atoms with E-state index in [1.165, 1.54) is 17.4 Å². The topological polar surface area (TPSA) is 88.1 Å². The predicted molar refractivity (Wildman–Crippen MR) is 143 cm³/mol. The van der Waals surface area contributed by atoms with Gasteiger partial charge in [-0.2, -0.15) is 0 Å². The third-order valence-corrected chi connectivity index (χ3v) is 6.10. The molecule has 0 saturated heterocycles. The van der Waals surface area contributed by atoms with Crippen molar-refractivity contribution in [2.45, 2.75) is 27.3 Å². The van der Waals surface area contributed by atoms with Gasteiger partial charge in [-0.1, -0.05) is 45.5 Å². The summed E-state index contributed by atoms with van der Waals surface area (Å²) in [6.07, 6.45) is 1.22. The van der Waals surface area contributed by atoms with Crippen molar-refractivity contribution in [3.05, 3.63) is 83.1 Å². The number of amides is 2. The zero-order chi connectivity index (χ0) is 25.0. The van der Waals surface area contributed by atoms with Gasteiger partial charge < -0.3 is 10.6 Å². The summed E-state index contributed by atoms with van der Waals surface area (Å²) < 4.78 is 1.89. The van der Waals surface area contributed by atoms with Crippen molar-refractivity contribution in [1.82, 2.24) is 14.9 Å². The molecule has 0 aliphatic rings. The first kappa shape index (κ1) is 24.4. The van der Waals surface area contributed by atoms with E-state index in [0.29, 0.717) is 16.5 Å². The first-order chi connectivity index (χ1) is 16.7. The van der Waals surface area contributed by atoms with Gasteiger partial charge in [-0.25, -0.2) is 4.98 Å². The molecule has 2 aromatic heterocycles. The largest absolute Gasteiger partial charge is 0.322 e. The van der Waals surface area contributed by atoms with E-state index in [-0.39, 0.29) is 17.2 Å². The van der Waals surface area contributed by atoms with Crippen LogP contribution in [0.1, 0.15) is 36.0 Å². The molecule has 0 aliphatic heterocycles. The number of nitrogens with zero attached hydrogens (tertiary/aromatic N) is 2. The molecule has 35 heavy (non-hydrogen) atoms. The Balaban J connectivity index is 1.73. The second-order valence-electron chi connectivity index (χ2n) is 9.43. The number of aromatic nitrogens is 2. The number of carbonyl (C=O) groups is 2. The molecule has 0 atom stereocenters. The number of carbonyl (C=O) groups excluding carboxylic acids is 2. The number of imidazole rings is 1. The highest BCUT2D eigenvalue weighted by Gasteiger charge is 2.17. The molecule has 2 heterocycles. The molecule has 180 valence electrons. The summed E-state index contributed by atoms with van der Waals surface area (Å²) in [4.78, 5) is 30.0. The Kier molecular flexibility index (Phi) is 7.14. The van der Waals surface area contributed by atoms with E-state index in [2.05, 4.69) is 49.4 Å². The molecule has 0 fully saturated rings. The first-order valence-corrected chi connectivity index (χ1v) is 12.2. The van der Waals surface area contributed by atoms with E-state index < -0.39 is 0 Å². The fraction of sp³-hybridized carbons (Fsp3) is 0.222. The molecule has 0 aliphatic carbocycles. The third-order valence-electron chi connectivity index (χ3n) is 5.23. The lowest BCUT2D eigenvalue weighted by molar-refractivity contribution is -0.111. The van der Waals surface area contributed by atoms with Crippen LogP contribution in [-0.2, 0) is 11.3 Å². The molecule has 0 radical (unpaired) electrons. The Bertz CT molecular complexity index is 1370. The normalized spacial score (nSPS) is 11.4. The summed E-state index contributed by atoms with van der Waals surface area (Å²) in [7, 11) is 0. The number of nitrogens with one attached hydrogen (secondary N) is 3. The monoisotopic (exact) mass is 487 g/mol. The summed E-state index contributed by atoms with van der Waals surface area (Å²) >= 11 is 1.37. The van der Waals surface area contributed by atoms with Gasteiger partial charge >= 0.3 is 0 Å². The molecule has 3 N–H and O–H groups in total. The van der Waals surface area contributed by atoms with Crippen LogP contribution in [0, 0.1) is 5.41 Å². The number of anilines is 2. The SMILES string of the molecule is C=CC(=O)Nc1cccc(-n2c(NC(=O)c3cccs3)nc3cc(CNCC(C)(C)C)ccc32)c1. The lowest BCUT2D eigenvalue weighted by Crippen LogP contribution is -2.26. The number of benzene rings is 2. The van der Waals surface area contributed by atoms with E-state index in [0.717, 1.165) is 35.4 Å². The van der Waals surface area contributed by atoms with Crippen LogP contribution in [0.15, 0.2) is 72.6 Å². The van der Waals surface area contributed by atoms with Crippen LogP contribution in [0.4, 0.5) is 11.6 Å². The van der Waals surface area contributed by atoms with Gasteiger partial charge in [0, 0.05) is 18.8 Å². The van der Waals surface area contributed by atoms with Crippen LogP contribution in [0.5, 0.6) is 0 Å². The minimum Gasteiger partial charge on any atom is -0.322 e. The predicted octanol–water partition coefficient (Wildman–Crippen LogP) is 5.60. The van der Waals surface area contributed by atoms with Crippen molar-refractivity contribution in [3.63, 3.8) is 0 Å². The lowest BCUT2D eigenvalue weighted by Gasteiger charge is -2.18. The zero-order valence-electron chi connectivity index (χ0n) is 20.1. The van der Waals surface area contributed by atoms with E-state index in [4.69, 9.17) is 4.98 Å². The van der Waals surface area contributed by atoms with Crippen molar-refractivity contribution in [2.75, 3.05) is 17.2 Å². The minimum absolute atomic E-state index is 0.191. The maximum absolute atomic E-state index is 12.9. The van der Waals surface area contributed by atoms with Gasteiger partial charge in [0.2, 0.25) is 11.9 Å². The van der Waals surface area contributed by atoms with Gasteiger partial charge in [0.25, 0.3) is 5.91 Å². The molecule has 7 nitrogen and oxygen atoms in total. The molecule has 4 rings (SSSR count). The maximum Gasteiger partial charge on any atom is 0.268 e. The molecule has 8 heteroatoms. The minimum atomic E-state index is -0.295. The number of hydrogen-bond donors (Lipinski definition) is 3. The van der Waals surface area contributed by atoms with Gasteiger partial charge in [-0.3, -0.25) is 19.5 Å². The van der Waals surface area contributed by atoms with Crippen LogP contribution in [-0.4, -0.2) is 27.9 Å². The van der Waals surface area contributed by atoms with Gasteiger partial charge in [-0.15, -0.1) is 11.3 Å². The summed E-state index contributed by atoms with van der Waals surface area (Å²) in [5, 5.41) is 11.1. The van der Waals surface area contributed by atoms with Gasteiger partial charge in [-0.05, 0) is 58.8 Å². The van der Waals surface area contributed by atoms with Crippen LogP contribution in [0.3, 0.4) is 0 Å². The second-order valence-corrected chi connectivity index (χ2v) is 10.4. The first-order valence-electron chi connectivity index (χ1n) is 11.3. The van der Waals surface area contributed by atoms with Crippen molar-refractivity contribution >= 4 is 45.8 Å². The zero-order valence-corrected chi connectivity index (χ0v) is 20.9. The van der Waals surface area contributed by atoms with E-state index in [9.17, 15) is 9.59 Å². The van der Waals surface area contributed by atoms with Crippen molar-refractivity contribution < 1.29 is 9.59 Å². The number of hydrogen-bond acceptors (Lipinski definition) is 5. The van der Waals surface area contributed by atoms with E-state index in [1.54, 1.807) is 12.1 Å². The van der Waals surface area contributed by atoms with Crippen molar-refractivity contribution in [1.29, 1.82) is 0 Å². The van der Waals surface area contributed by atoms with Crippen LogP contribution < -0.4 is 16.0 Å². The van der Waals surface area contributed by atoms with E-state index in [1.807, 2.05) is 46.3 Å². The summed E-state index contributed by atoms with van der Waals surface area (Å²) in [6.45, 7) is 11.7. The summed E-state index contributed by atoms with van der Waals surface area (Å²) in [6, 6.07) is 17.1. The lowest BCUT2D eigenvalue weighted by atomic mass is 9.97. The Morgan fingerprint density at radius 3 is 2.63 bits per heavy atom. The molecule has 2 aromatic carbocycles. The highest BCUT2D eigenvalue weighted by molar-refractivity contribution is 7.12. The summed E-state index contributed by atoms with van der Waals surface area (Å²) in [5.74, 6) is -0.110. The average Bonchev–Trinajstić information content (AvgIpc) is 3.46. The standard InChI is InChI=1S/C27H29N5O2S/c1-5-24(33)29-19-8-6-9-20(15-19)32-22-12-11-18(16-28-17-27(2,3)4)14-21(22)30-26(32)31-25(34)23-10-7-13-35-23/h5-15,28H,1,16-17H2,2-4H3,(H,29,33)(H,30,31,34). The quantitative estimate of drug-likeness (QED) is 0.282. The fourth-order valence-corrected chi connectivity index (χ4v) is 4.27. The van der Waals surface area contributed by atoms with Crippen LogP contribution in [0.2, 0.25) is 0 Å². The Morgan fingerprint density at radius 1 is 1.09 bits per heavy atom. The van der Waals surface area contributed by atoms with E-state index >= 15 is 0 Å². The molecule has 2 amide bonds. The molecular weight excluding hydrogens is 458 g/mol. The molecule has 0 spiro atoms. The van der Waals surface area contributed by atoms with Crippen LogP contribution >= 0.6 is 11.3 Å². The highest BCUT2D eigenvalue weighted by Crippen LogP contribution is 2.28. The molecule has 4 aromatic rings. The van der Waals surface area contributed by atoms with Crippen LogP contribution in [0.25, 0.3) is 16.7 Å². The number of thiophene rings is 1. The average molecular weight is 488 g/mol. The Morgan fingerprint density at radius 2 is 1.91 bits per heavy atom. The van der Waals surface area contributed by atoms with Gasteiger partial charge in [0.15, 0.2) is 0 Å². The second kappa shape index (κ2) is 10.2. The Labute approximate surface area is 208 Å².